The van der Waals surface area contributed by atoms with E-state index in [1.165, 1.54) is 31.3 Å². The van der Waals surface area contributed by atoms with Gasteiger partial charge in [0.2, 0.25) is 0 Å². The standard InChI is InChI=1S/C67H43F12N2O4P/c1-80(63(82)81(2)55-34-50(64(68,69)70)33-51(35-55)65(71,72)73)54-23-25-56(26-24-54)83-86-84-61-57(48-29-44(40-15-7-3-8-16-40)27-45(30-48)41-17-9-4-10-18-41)36-52(66(74,75)76)38-59(61)60-39-53(67(77,78)79)37-58(62(60)85-86)49-31-46(42-19-11-5-12-20-42)28-47(32-49)43-21-13-6-14-22-43/h3-39H,1-2H3. The molecule has 11 aromatic rings. The van der Waals surface area contributed by atoms with Crippen LogP contribution in [0, 0.1) is 0 Å². The summed E-state index contributed by atoms with van der Waals surface area (Å²) >= 11 is 0. The van der Waals surface area contributed by atoms with Crippen molar-refractivity contribution < 1.29 is 70.4 Å². The molecule has 0 radical (unpaired) electrons. The zero-order valence-electron chi connectivity index (χ0n) is 44.9. The summed E-state index contributed by atoms with van der Waals surface area (Å²) in [5, 5.41) is -0.857. The minimum absolute atomic E-state index is 0.0485. The van der Waals surface area contributed by atoms with Crippen LogP contribution in [0.4, 0.5) is 68.9 Å². The molecule has 1 heterocycles. The topological polar surface area (TPSA) is 59.1 Å². The molecule has 0 fully saturated rings. The molecule has 0 bridgehead atoms. The van der Waals surface area contributed by atoms with Gasteiger partial charge in [0, 0.05) is 47.4 Å². The third-order valence-electron chi connectivity index (χ3n) is 14.3. The smallest absolute Gasteiger partial charge is 0.391 e. The molecule has 1 aromatic heterocycles. The summed E-state index contributed by atoms with van der Waals surface area (Å²) in [4.78, 5) is 15.3. The Morgan fingerprint density at radius 2 is 0.651 bits per heavy atom. The van der Waals surface area contributed by atoms with Crippen LogP contribution in [0.25, 0.3) is 88.7 Å². The van der Waals surface area contributed by atoms with Gasteiger partial charge in [0.1, 0.15) is 5.75 Å². The number of amides is 2. The number of urea groups is 1. The van der Waals surface area contributed by atoms with Gasteiger partial charge in [-0.25, -0.2) is 4.79 Å². The van der Waals surface area contributed by atoms with Crippen molar-refractivity contribution in [2.45, 2.75) is 24.7 Å². The van der Waals surface area contributed by atoms with E-state index in [-0.39, 0.29) is 50.9 Å². The van der Waals surface area contributed by atoms with E-state index in [0.29, 0.717) is 73.7 Å². The highest BCUT2D eigenvalue weighted by atomic mass is 31.1. The summed E-state index contributed by atoms with van der Waals surface area (Å²) in [5.41, 5.74) is -2.12. The Balaban J connectivity index is 1.15. The molecule has 0 aliphatic rings. The number of fused-ring (bicyclic) bond motifs is 3. The molecule has 10 aromatic carbocycles. The van der Waals surface area contributed by atoms with Gasteiger partial charge in [0.15, 0.2) is 11.2 Å². The molecule has 0 unspecified atom stereocenters. The molecule has 19 heteroatoms. The predicted molar refractivity (Wildman–Crippen MR) is 310 cm³/mol. The Morgan fingerprint density at radius 1 is 0.349 bits per heavy atom. The second kappa shape index (κ2) is 22.7. The highest BCUT2D eigenvalue weighted by Gasteiger charge is 2.39. The van der Waals surface area contributed by atoms with Crippen molar-refractivity contribution in [3.8, 4) is 72.5 Å². The van der Waals surface area contributed by atoms with E-state index >= 15 is 26.3 Å². The van der Waals surface area contributed by atoms with Crippen molar-refractivity contribution >= 4 is 47.6 Å². The van der Waals surface area contributed by atoms with Gasteiger partial charge in [-0.15, -0.1) is 0 Å². The fraction of sp³-hybridized carbons (Fsp3) is 0.0896. The molecule has 0 aliphatic carbocycles. The molecular weight excluding hydrogens is 1160 g/mol. The van der Waals surface area contributed by atoms with Gasteiger partial charge in [-0.1, -0.05) is 121 Å². The van der Waals surface area contributed by atoms with E-state index in [0.717, 1.165) is 24.1 Å². The number of carbonyl (C=O) groups is 1. The number of benzene rings is 10. The summed E-state index contributed by atoms with van der Waals surface area (Å²) in [6.07, 6.45) is -20.6. The van der Waals surface area contributed by atoms with Crippen LogP contribution in [0.5, 0.6) is 5.75 Å². The zero-order valence-corrected chi connectivity index (χ0v) is 45.8. The molecule has 0 saturated carbocycles. The number of nitrogens with zero attached hydrogens (tertiary/aromatic N) is 2. The third kappa shape index (κ3) is 12.3. The lowest BCUT2D eigenvalue weighted by atomic mass is 9.90. The average Bonchev–Trinajstić information content (AvgIpc) is 1.42. The maximum absolute atomic E-state index is 15.6. The Bertz CT molecular complexity index is 4010. The van der Waals surface area contributed by atoms with Crippen LogP contribution in [-0.2, 0) is 24.7 Å². The van der Waals surface area contributed by atoms with Crippen LogP contribution < -0.4 is 14.3 Å². The summed E-state index contributed by atoms with van der Waals surface area (Å²) in [7, 11) is -0.781. The molecule has 0 saturated heterocycles. The van der Waals surface area contributed by atoms with Crippen LogP contribution in [0.15, 0.2) is 233 Å². The number of halogens is 12. The molecule has 0 spiro atoms. The Hall–Kier alpha value is -9.67. The number of alkyl halides is 12. The summed E-state index contributed by atoms with van der Waals surface area (Å²) < 4.78 is 196. The van der Waals surface area contributed by atoms with Crippen LogP contribution in [0.3, 0.4) is 0 Å². The maximum Gasteiger partial charge on any atom is 0.453 e. The van der Waals surface area contributed by atoms with Crippen molar-refractivity contribution in [1.29, 1.82) is 0 Å². The van der Waals surface area contributed by atoms with Gasteiger partial charge in [-0.2, -0.15) is 52.7 Å². The molecule has 2 amide bonds. The molecule has 434 valence electrons. The van der Waals surface area contributed by atoms with E-state index in [2.05, 4.69) is 0 Å². The quantitative estimate of drug-likeness (QED) is 0.128. The lowest BCUT2D eigenvalue weighted by Gasteiger charge is -2.26. The molecule has 0 atom stereocenters. The second-order valence-corrected chi connectivity index (χ2v) is 21.0. The van der Waals surface area contributed by atoms with Crippen molar-refractivity contribution in [2.24, 2.45) is 0 Å². The lowest BCUT2D eigenvalue weighted by Crippen LogP contribution is -2.39. The maximum atomic E-state index is 15.6. The van der Waals surface area contributed by atoms with Gasteiger partial charge in [-0.05, 0) is 159 Å². The van der Waals surface area contributed by atoms with Crippen LogP contribution in [0.1, 0.15) is 22.3 Å². The van der Waals surface area contributed by atoms with E-state index in [9.17, 15) is 31.1 Å². The lowest BCUT2D eigenvalue weighted by molar-refractivity contribution is -0.143. The van der Waals surface area contributed by atoms with Gasteiger partial charge < -0.3 is 12.9 Å². The van der Waals surface area contributed by atoms with Gasteiger partial charge >= 0.3 is 39.0 Å². The third-order valence-corrected chi connectivity index (χ3v) is 15.3. The van der Waals surface area contributed by atoms with Crippen LogP contribution in [0.2, 0.25) is 0 Å². The number of anilines is 2. The molecule has 0 aliphatic heterocycles. The Morgan fingerprint density at radius 3 is 0.977 bits per heavy atom. The SMILES string of the molecule is CN(C(=O)N(C)c1cc(C(F)(F)F)cc(C(F)(F)F)c1)c1ccc(Op2oc3c(-c4cc(-c5ccccc5)cc(-c5ccccc5)c4)cc(C(F)(F)F)cc3c3cc(C(F)(F)F)cc(-c4cc(-c5ccccc5)cc(-c5ccccc5)c4)c3o2)cc1. The molecule has 86 heavy (non-hydrogen) atoms. The first-order valence-corrected chi connectivity index (χ1v) is 27.2. The van der Waals surface area contributed by atoms with E-state index in [1.807, 2.05) is 60.7 Å². The van der Waals surface area contributed by atoms with E-state index in [4.69, 9.17) is 12.9 Å². The molecule has 11 rings (SSSR count). The average molecular weight is 1200 g/mol. The van der Waals surface area contributed by atoms with Crippen LogP contribution in [-0.4, -0.2) is 20.1 Å². The highest BCUT2D eigenvalue weighted by Crippen LogP contribution is 2.49. The van der Waals surface area contributed by atoms with Gasteiger partial charge in [0.05, 0.1) is 22.3 Å². The fourth-order valence-corrected chi connectivity index (χ4v) is 11.1. The van der Waals surface area contributed by atoms with E-state index in [1.54, 1.807) is 97.1 Å². The molecular formula is C67H43F12N2O4P. The second-order valence-electron chi connectivity index (χ2n) is 20.0. The van der Waals surface area contributed by atoms with Gasteiger partial charge in [-0.3, -0.25) is 9.80 Å². The summed E-state index contributed by atoms with van der Waals surface area (Å²) in [6.45, 7) is 0. The number of rotatable bonds is 10. The number of hydrogen-bond donors (Lipinski definition) is 0. The van der Waals surface area contributed by atoms with Gasteiger partial charge in [0.25, 0.3) is 0 Å². The van der Waals surface area contributed by atoms with Crippen molar-refractivity contribution in [2.75, 3.05) is 23.9 Å². The predicted octanol–water partition coefficient (Wildman–Crippen LogP) is 21.9. The molecule has 6 nitrogen and oxygen atoms in total. The first kappa shape index (κ1) is 58.1. The highest BCUT2D eigenvalue weighted by molar-refractivity contribution is 7.32. The largest absolute Gasteiger partial charge is 0.453 e. The number of hydrogen-bond acceptors (Lipinski definition) is 4. The summed E-state index contributed by atoms with van der Waals surface area (Å²) in [5.74, 6) is -0.0800. The Labute approximate surface area is 484 Å². The number of carbonyl (C=O) groups excluding carboxylic acids is 1. The fourth-order valence-electron chi connectivity index (χ4n) is 9.97. The summed E-state index contributed by atoms with van der Waals surface area (Å²) in [6, 6.07) is 54.3. The Kier molecular flexibility index (Phi) is 15.4. The minimum atomic E-state index is -5.20. The van der Waals surface area contributed by atoms with E-state index < -0.39 is 77.7 Å². The zero-order chi connectivity index (χ0) is 60.9. The normalized spacial score (nSPS) is 12.1. The minimum Gasteiger partial charge on any atom is -0.391 e. The first-order valence-electron chi connectivity index (χ1n) is 26.1. The molecule has 0 N–H and O–H groups in total. The van der Waals surface area contributed by atoms with Crippen molar-refractivity contribution in [3.63, 3.8) is 0 Å². The van der Waals surface area contributed by atoms with Crippen molar-refractivity contribution in [3.05, 3.63) is 247 Å². The monoisotopic (exact) mass is 1200 g/mol. The van der Waals surface area contributed by atoms with Crippen molar-refractivity contribution in [1.82, 2.24) is 0 Å². The van der Waals surface area contributed by atoms with Crippen LogP contribution >= 0.6 is 8.24 Å². The first-order chi connectivity index (χ1) is 40.8.